The fourth-order valence-electron chi connectivity index (χ4n) is 1.59. The smallest absolute Gasteiger partial charge is 0.370 e. The Morgan fingerprint density at radius 3 is 2.56 bits per heavy atom. The van der Waals surface area contributed by atoms with E-state index >= 15 is 0 Å². The van der Waals surface area contributed by atoms with Crippen LogP contribution in [0.1, 0.15) is 25.0 Å². The molecule has 0 bridgehead atoms. The minimum atomic E-state index is -0.944. The number of rotatable bonds is 5. The normalized spacial score (nSPS) is 12.1. The van der Waals surface area contributed by atoms with Crippen molar-refractivity contribution in [2.45, 2.75) is 25.8 Å². The zero-order chi connectivity index (χ0) is 12.1. The van der Waals surface area contributed by atoms with Crippen LogP contribution >= 0.6 is 0 Å². The van der Waals surface area contributed by atoms with Crippen LogP contribution < -0.4 is 4.57 Å². The third kappa shape index (κ3) is 3.34. The second-order valence-electron chi connectivity index (χ2n) is 3.65. The topological polar surface area (TPSA) is 78.5 Å². The molecule has 1 heterocycles. The number of hydrogen-bond acceptors (Lipinski definition) is 2. The first kappa shape index (κ1) is 12.2. The third-order valence-corrected chi connectivity index (χ3v) is 2.27. The van der Waals surface area contributed by atoms with Crippen molar-refractivity contribution in [3.05, 3.63) is 30.1 Å². The van der Waals surface area contributed by atoms with Gasteiger partial charge in [0.2, 0.25) is 6.54 Å². The van der Waals surface area contributed by atoms with Gasteiger partial charge in [-0.05, 0) is 0 Å². The van der Waals surface area contributed by atoms with Gasteiger partial charge in [-0.15, -0.1) is 0 Å². The number of carboxylic acids is 2. The number of aromatic nitrogens is 1. The zero-order valence-corrected chi connectivity index (χ0v) is 8.96. The van der Waals surface area contributed by atoms with Crippen molar-refractivity contribution < 1.29 is 24.4 Å². The van der Waals surface area contributed by atoms with Crippen LogP contribution in [-0.4, -0.2) is 22.2 Å². The summed E-state index contributed by atoms with van der Waals surface area (Å²) in [5.41, 5.74) is 0.715. The summed E-state index contributed by atoms with van der Waals surface area (Å²) in [5, 5.41) is 17.4. The number of carbonyl (C=O) groups is 2. The lowest BCUT2D eigenvalue weighted by molar-refractivity contribution is -0.694. The van der Waals surface area contributed by atoms with E-state index in [4.69, 9.17) is 10.2 Å². The SMILES string of the molecule is CC(CC(=O)O)c1cccc[n+]1CC(=O)O. The molecule has 1 aromatic heterocycles. The lowest BCUT2D eigenvalue weighted by Gasteiger charge is -2.07. The maximum absolute atomic E-state index is 10.6. The van der Waals surface area contributed by atoms with Crippen molar-refractivity contribution in [2.24, 2.45) is 0 Å². The highest BCUT2D eigenvalue weighted by Crippen LogP contribution is 2.14. The van der Waals surface area contributed by atoms with Crippen LogP contribution in [0.5, 0.6) is 0 Å². The molecule has 5 heteroatoms. The van der Waals surface area contributed by atoms with E-state index in [1.807, 2.05) is 0 Å². The Morgan fingerprint density at radius 1 is 1.31 bits per heavy atom. The van der Waals surface area contributed by atoms with Crippen LogP contribution in [0.25, 0.3) is 0 Å². The van der Waals surface area contributed by atoms with E-state index in [1.165, 1.54) is 0 Å². The standard InChI is InChI=1S/C11H13NO4/c1-8(6-10(13)14)9-4-2-3-5-12(9)7-11(15)16/h2-5,8H,6-7H2,1H3,(H-,13,14,15,16)/p+1. The molecule has 1 atom stereocenters. The molecule has 0 aliphatic rings. The average molecular weight is 224 g/mol. The van der Waals surface area contributed by atoms with Crippen LogP contribution in [0.15, 0.2) is 24.4 Å². The van der Waals surface area contributed by atoms with Crippen molar-refractivity contribution >= 4 is 11.9 Å². The minimum absolute atomic E-state index is 0.0103. The fourth-order valence-corrected chi connectivity index (χ4v) is 1.59. The van der Waals surface area contributed by atoms with Gasteiger partial charge in [0.1, 0.15) is 0 Å². The van der Waals surface area contributed by atoms with Crippen LogP contribution in [-0.2, 0) is 16.1 Å². The van der Waals surface area contributed by atoms with E-state index in [0.717, 1.165) is 0 Å². The molecule has 86 valence electrons. The molecular weight excluding hydrogens is 210 g/mol. The number of nitrogens with zero attached hydrogens (tertiary/aromatic N) is 1. The van der Waals surface area contributed by atoms with Gasteiger partial charge < -0.3 is 10.2 Å². The van der Waals surface area contributed by atoms with Gasteiger partial charge in [-0.2, -0.15) is 4.57 Å². The highest BCUT2D eigenvalue weighted by molar-refractivity contribution is 5.67. The van der Waals surface area contributed by atoms with Crippen LogP contribution in [0.3, 0.4) is 0 Å². The first-order chi connectivity index (χ1) is 7.50. The third-order valence-electron chi connectivity index (χ3n) is 2.27. The monoisotopic (exact) mass is 224 g/mol. The quantitative estimate of drug-likeness (QED) is 0.719. The first-order valence-electron chi connectivity index (χ1n) is 4.92. The molecular formula is C11H14NO4+. The maximum atomic E-state index is 10.6. The molecule has 0 fully saturated rings. The van der Waals surface area contributed by atoms with E-state index in [0.29, 0.717) is 5.69 Å². The number of aliphatic carboxylic acids is 2. The van der Waals surface area contributed by atoms with Gasteiger partial charge in [0.05, 0.1) is 12.3 Å². The Hall–Kier alpha value is -1.91. The number of pyridine rings is 1. The molecule has 1 aromatic rings. The molecule has 5 nitrogen and oxygen atoms in total. The predicted octanol–water partition coefficient (Wildman–Crippen LogP) is 0.637. The Kier molecular flexibility index (Phi) is 3.99. The van der Waals surface area contributed by atoms with Gasteiger partial charge in [-0.1, -0.05) is 13.0 Å². The molecule has 0 saturated heterocycles. The van der Waals surface area contributed by atoms with E-state index in [2.05, 4.69) is 0 Å². The van der Waals surface area contributed by atoms with Gasteiger partial charge in [0, 0.05) is 12.1 Å². The summed E-state index contributed by atoms with van der Waals surface area (Å²) in [4.78, 5) is 21.2. The Balaban J connectivity index is 2.93. The summed E-state index contributed by atoms with van der Waals surface area (Å²) < 4.78 is 1.55. The molecule has 16 heavy (non-hydrogen) atoms. The molecule has 0 radical (unpaired) electrons. The highest BCUT2D eigenvalue weighted by Gasteiger charge is 2.21. The van der Waals surface area contributed by atoms with Gasteiger partial charge in [0.15, 0.2) is 11.9 Å². The predicted molar refractivity (Wildman–Crippen MR) is 54.9 cm³/mol. The summed E-state index contributed by atoms with van der Waals surface area (Å²) in [6.07, 6.45) is 1.63. The van der Waals surface area contributed by atoms with E-state index in [9.17, 15) is 9.59 Å². The van der Waals surface area contributed by atoms with E-state index in [-0.39, 0.29) is 18.9 Å². The minimum Gasteiger partial charge on any atom is -0.481 e. The van der Waals surface area contributed by atoms with Gasteiger partial charge >= 0.3 is 11.9 Å². The Bertz CT molecular complexity index is 403. The Morgan fingerprint density at radius 2 is 2.00 bits per heavy atom. The maximum Gasteiger partial charge on any atom is 0.370 e. The molecule has 0 saturated carbocycles. The van der Waals surface area contributed by atoms with Crippen molar-refractivity contribution in [3.63, 3.8) is 0 Å². The van der Waals surface area contributed by atoms with Crippen molar-refractivity contribution in [1.29, 1.82) is 0 Å². The summed E-state index contributed by atoms with van der Waals surface area (Å²) in [5.74, 6) is -2.05. The van der Waals surface area contributed by atoms with Crippen LogP contribution in [0.2, 0.25) is 0 Å². The second-order valence-corrected chi connectivity index (χ2v) is 3.65. The molecule has 0 aliphatic carbocycles. The molecule has 0 spiro atoms. The second kappa shape index (κ2) is 5.25. The molecule has 2 N–H and O–H groups in total. The van der Waals surface area contributed by atoms with Crippen molar-refractivity contribution in [2.75, 3.05) is 0 Å². The molecule has 0 aromatic carbocycles. The molecule has 1 unspecified atom stereocenters. The van der Waals surface area contributed by atoms with Gasteiger partial charge in [0.25, 0.3) is 0 Å². The summed E-state index contributed by atoms with van der Waals surface area (Å²) >= 11 is 0. The highest BCUT2D eigenvalue weighted by atomic mass is 16.4. The molecule has 0 aliphatic heterocycles. The zero-order valence-electron chi connectivity index (χ0n) is 8.96. The van der Waals surface area contributed by atoms with Gasteiger partial charge in [-0.25, -0.2) is 4.79 Å². The molecule has 0 amide bonds. The number of carboxylic acid groups (broad SMARTS) is 2. The fraction of sp³-hybridized carbons (Fsp3) is 0.364. The van der Waals surface area contributed by atoms with E-state index in [1.54, 1.807) is 35.9 Å². The van der Waals surface area contributed by atoms with Crippen LogP contribution in [0, 0.1) is 0 Å². The van der Waals surface area contributed by atoms with Gasteiger partial charge in [-0.3, -0.25) is 4.79 Å². The average Bonchev–Trinajstić information content (AvgIpc) is 2.16. The largest absolute Gasteiger partial charge is 0.481 e. The van der Waals surface area contributed by atoms with Crippen molar-refractivity contribution in [1.82, 2.24) is 0 Å². The van der Waals surface area contributed by atoms with Crippen LogP contribution in [0.4, 0.5) is 0 Å². The van der Waals surface area contributed by atoms with Crippen molar-refractivity contribution in [3.8, 4) is 0 Å². The molecule has 1 rings (SSSR count). The Labute approximate surface area is 93.0 Å². The summed E-state index contributed by atoms with van der Waals surface area (Å²) in [7, 11) is 0. The summed E-state index contributed by atoms with van der Waals surface area (Å²) in [6.45, 7) is 1.61. The number of hydrogen-bond donors (Lipinski definition) is 2. The lowest BCUT2D eigenvalue weighted by atomic mass is 10.0. The summed E-state index contributed by atoms with van der Waals surface area (Å²) in [6, 6.07) is 5.24. The lowest BCUT2D eigenvalue weighted by Crippen LogP contribution is -2.42. The van der Waals surface area contributed by atoms with E-state index < -0.39 is 11.9 Å². The first-order valence-corrected chi connectivity index (χ1v) is 4.92.